The molecule has 182 valence electrons. The molecule has 0 aromatic heterocycles. The lowest BCUT2D eigenvalue weighted by molar-refractivity contribution is -0.168. The van der Waals surface area contributed by atoms with Crippen molar-refractivity contribution < 1.29 is 13.9 Å². The topological polar surface area (TPSA) is 27.7 Å². The minimum absolute atomic E-state index is 0.0126. The van der Waals surface area contributed by atoms with Crippen molar-refractivity contribution in [3.8, 4) is 0 Å². The molecule has 0 saturated carbocycles. The SMILES string of the molecule is C[C@@H](CCC[C@H](C)O[Si](c1ccccc1)(c1ccccc1)C(C)(C)C)CO[C@H]1CCCCO1. The minimum atomic E-state index is -2.47. The lowest BCUT2D eigenvalue weighted by atomic mass is 10.0. The maximum absolute atomic E-state index is 7.20. The van der Waals surface area contributed by atoms with E-state index in [4.69, 9.17) is 13.9 Å². The Morgan fingerprint density at radius 1 is 0.909 bits per heavy atom. The van der Waals surface area contributed by atoms with Gasteiger partial charge in [0, 0.05) is 12.7 Å². The third kappa shape index (κ3) is 7.02. The van der Waals surface area contributed by atoms with Crippen molar-refractivity contribution in [3.05, 3.63) is 60.7 Å². The molecule has 0 unspecified atom stereocenters. The molecule has 3 rings (SSSR count). The van der Waals surface area contributed by atoms with E-state index in [1.165, 1.54) is 23.2 Å². The van der Waals surface area contributed by atoms with E-state index in [-0.39, 0.29) is 17.4 Å². The molecule has 0 amide bonds. The van der Waals surface area contributed by atoms with Crippen LogP contribution in [0.4, 0.5) is 0 Å². The zero-order valence-electron chi connectivity index (χ0n) is 21.4. The average Bonchev–Trinajstić information content (AvgIpc) is 2.82. The molecule has 33 heavy (non-hydrogen) atoms. The van der Waals surface area contributed by atoms with Crippen molar-refractivity contribution in [2.45, 2.75) is 90.6 Å². The van der Waals surface area contributed by atoms with Crippen LogP contribution in [0.3, 0.4) is 0 Å². The molecular formula is C29H44O3Si. The molecule has 0 aliphatic carbocycles. The van der Waals surface area contributed by atoms with E-state index in [0.717, 1.165) is 38.9 Å². The molecule has 0 radical (unpaired) electrons. The van der Waals surface area contributed by atoms with E-state index in [9.17, 15) is 0 Å². The number of hydrogen-bond donors (Lipinski definition) is 0. The van der Waals surface area contributed by atoms with Crippen molar-refractivity contribution in [2.24, 2.45) is 5.92 Å². The van der Waals surface area contributed by atoms with Crippen LogP contribution < -0.4 is 10.4 Å². The Kier molecular flexibility index (Phi) is 9.75. The molecule has 3 nitrogen and oxygen atoms in total. The van der Waals surface area contributed by atoms with Crippen LogP contribution in [-0.4, -0.2) is 33.9 Å². The molecule has 1 saturated heterocycles. The highest BCUT2D eigenvalue weighted by Gasteiger charge is 2.50. The van der Waals surface area contributed by atoms with Gasteiger partial charge >= 0.3 is 0 Å². The molecule has 0 bridgehead atoms. The van der Waals surface area contributed by atoms with Gasteiger partial charge in [-0.3, -0.25) is 0 Å². The first-order valence-corrected chi connectivity index (χ1v) is 14.8. The van der Waals surface area contributed by atoms with Crippen LogP contribution in [0.2, 0.25) is 5.04 Å². The molecule has 0 N–H and O–H groups in total. The maximum atomic E-state index is 7.20. The summed E-state index contributed by atoms with van der Waals surface area (Å²) in [5.74, 6) is 0.538. The summed E-state index contributed by atoms with van der Waals surface area (Å²) >= 11 is 0. The van der Waals surface area contributed by atoms with Crippen molar-refractivity contribution in [1.29, 1.82) is 0 Å². The van der Waals surface area contributed by atoms with E-state index in [1.807, 2.05) is 0 Å². The van der Waals surface area contributed by atoms with Crippen LogP contribution in [0, 0.1) is 5.92 Å². The Bertz CT molecular complexity index is 757. The largest absolute Gasteiger partial charge is 0.405 e. The van der Waals surface area contributed by atoms with Gasteiger partial charge in [0.25, 0.3) is 8.32 Å². The highest BCUT2D eigenvalue weighted by molar-refractivity contribution is 6.99. The molecule has 1 aliphatic rings. The summed E-state index contributed by atoms with van der Waals surface area (Å²) in [6, 6.07) is 21.9. The molecule has 1 fully saturated rings. The summed E-state index contributed by atoms with van der Waals surface area (Å²) in [4.78, 5) is 0. The number of benzene rings is 2. The minimum Gasteiger partial charge on any atom is -0.405 e. The smallest absolute Gasteiger partial charge is 0.261 e. The van der Waals surface area contributed by atoms with Crippen LogP contribution >= 0.6 is 0 Å². The fourth-order valence-corrected chi connectivity index (χ4v) is 9.74. The van der Waals surface area contributed by atoms with Crippen LogP contribution in [0.5, 0.6) is 0 Å². The lowest BCUT2D eigenvalue weighted by Gasteiger charge is -2.44. The Morgan fingerprint density at radius 3 is 2.03 bits per heavy atom. The van der Waals surface area contributed by atoms with Crippen molar-refractivity contribution >= 4 is 18.7 Å². The number of rotatable bonds is 11. The Morgan fingerprint density at radius 2 is 1.52 bits per heavy atom. The number of ether oxygens (including phenoxy) is 2. The van der Waals surface area contributed by atoms with Gasteiger partial charge in [-0.05, 0) is 60.4 Å². The second-order valence-corrected chi connectivity index (χ2v) is 15.0. The summed E-state index contributed by atoms with van der Waals surface area (Å²) in [7, 11) is -2.47. The van der Waals surface area contributed by atoms with Gasteiger partial charge in [0.1, 0.15) is 0 Å². The highest BCUT2D eigenvalue weighted by atomic mass is 28.4. The van der Waals surface area contributed by atoms with E-state index < -0.39 is 8.32 Å². The summed E-state index contributed by atoms with van der Waals surface area (Å²) < 4.78 is 18.9. The van der Waals surface area contributed by atoms with Gasteiger partial charge in [-0.15, -0.1) is 0 Å². The Labute approximate surface area is 203 Å². The van der Waals surface area contributed by atoms with Gasteiger partial charge in [-0.1, -0.05) is 94.8 Å². The molecule has 2 aromatic carbocycles. The second kappa shape index (κ2) is 12.3. The molecular weight excluding hydrogens is 424 g/mol. The number of hydrogen-bond acceptors (Lipinski definition) is 3. The summed E-state index contributed by atoms with van der Waals surface area (Å²) in [5.41, 5.74) is 0. The zero-order chi connectivity index (χ0) is 23.7. The fraction of sp³-hybridized carbons (Fsp3) is 0.586. The monoisotopic (exact) mass is 468 g/mol. The van der Waals surface area contributed by atoms with Gasteiger partial charge in [0.2, 0.25) is 0 Å². The first-order valence-electron chi connectivity index (χ1n) is 12.8. The van der Waals surface area contributed by atoms with Gasteiger partial charge < -0.3 is 13.9 Å². The van der Waals surface area contributed by atoms with Gasteiger partial charge in [0.15, 0.2) is 6.29 Å². The zero-order valence-corrected chi connectivity index (χ0v) is 22.4. The third-order valence-electron chi connectivity index (χ3n) is 6.81. The molecule has 4 heteroatoms. The summed E-state index contributed by atoms with van der Waals surface area (Å²) in [5, 5.41) is 2.72. The predicted octanol–water partition coefficient (Wildman–Crippen LogP) is 6.30. The quantitative estimate of drug-likeness (QED) is 0.362. The van der Waals surface area contributed by atoms with Gasteiger partial charge in [-0.2, -0.15) is 0 Å². The van der Waals surface area contributed by atoms with Crippen LogP contribution in [-0.2, 0) is 13.9 Å². The van der Waals surface area contributed by atoms with Crippen molar-refractivity contribution in [3.63, 3.8) is 0 Å². The van der Waals surface area contributed by atoms with Crippen molar-refractivity contribution in [2.75, 3.05) is 13.2 Å². The van der Waals surface area contributed by atoms with Crippen LogP contribution in [0.1, 0.15) is 73.1 Å². The predicted molar refractivity (Wildman–Crippen MR) is 141 cm³/mol. The maximum Gasteiger partial charge on any atom is 0.261 e. The summed E-state index contributed by atoms with van der Waals surface area (Å²) in [6.45, 7) is 13.2. The summed E-state index contributed by atoms with van der Waals surface area (Å²) in [6.07, 6.45) is 7.00. The molecule has 1 aliphatic heterocycles. The van der Waals surface area contributed by atoms with Crippen LogP contribution in [0.15, 0.2) is 60.7 Å². The lowest BCUT2D eigenvalue weighted by Crippen LogP contribution is -2.67. The van der Waals surface area contributed by atoms with E-state index in [0.29, 0.717) is 5.92 Å². The third-order valence-corrected chi connectivity index (χ3v) is 12.0. The average molecular weight is 469 g/mol. The normalized spacial score (nSPS) is 19.2. The highest BCUT2D eigenvalue weighted by Crippen LogP contribution is 2.38. The standard InChI is InChI=1S/C29H44O3Si/c1-24(23-31-28-21-12-13-22-30-28)15-14-16-25(2)32-33(29(3,4)5,26-17-8-6-9-18-26)27-19-10-7-11-20-27/h6-11,17-20,24-25,28H,12-16,21-23H2,1-5H3/t24-,25-,28-/m0/s1. The Hall–Kier alpha value is -1.46. The Balaban J connectivity index is 1.64. The first-order chi connectivity index (χ1) is 15.8. The molecule has 3 atom stereocenters. The van der Waals surface area contributed by atoms with Gasteiger partial charge in [-0.25, -0.2) is 0 Å². The first kappa shape index (κ1) is 26.1. The molecule has 0 spiro atoms. The van der Waals surface area contributed by atoms with Crippen LogP contribution in [0.25, 0.3) is 0 Å². The van der Waals surface area contributed by atoms with E-state index in [1.54, 1.807) is 0 Å². The van der Waals surface area contributed by atoms with E-state index in [2.05, 4.69) is 95.3 Å². The second-order valence-electron chi connectivity index (χ2n) is 10.8. The molecule has 2 aromatic rings. The molecule has 1 heterocycles. The fourth-order valence-electron chi connectivity index (χ4n) is 5.00. The van der Waals surface area contributed by atoms with Crippen molar-refractivity contribution in [1.82, 2.24) is 0 Å². The van der Waals surface area contributed by atoms with Gasteiger partial charge in [0.05, 0.1) is 6.61 Å². The van der Waals surface area contributed by atoms with E-state index >= 15 is 0 Å².